The Bertz CT molecular complexity index is 1100. The van der Waals surface area contributed by atoms with E-state index in [9.17, 15) is 4.79 Å². The van der Waals surface area contributed by atoms with Gasteiger partial charge in [-0.2, -0.15) is 10.2 Å². The summed E-state index contributed by atoms with van der Waals surface area (Å²) in [6.45, 7) is 2.00. The number of hydrazone groups is 1. The van der Waals surface area contributed by atoms with E-state index in [0.29, 0.717) is 17.0 Å². The SMILES string of the molecule is CCOC(=O)NN=Cc1cn(-c2ccccc2)nc1-c1cc2ccccc2o1. The number of hydrogen-bond donors (Lipinski definition) is 1. The van der Waals surface area contributed by atoms with Crippen molar-refractivity contribution in [3.63, 3.8) is 0 Å². The second-order valence-electron chi connectivity index (χ2n) is 5.95. The van der Waals surface area contributed by atoms with Crippen molar-refractivity contribution in [3.05, 3.63) is 72.4 Å². The molecule has 4 rings (SSSR count). The molecule has 7 heteroatoms. The summed E-state index contributed by atoms with van der Waals surface area (Å²) in [7, 11) is 0. The van der Waals surface area contributed by atoms with Gasteiger partial charge in [0, 0.05) is 17.1 Å². The molecule has 1 amide bonds. The van der Waals surface area contributed by atoms with Gasteiger partial charge in [-0.1, -0.05) is 36.4 Å². The monoisotopic (exact) mass is 374 g/mol. The van der Waals surface area contributed by atoms with Gasteiger partial charge < -0.3 is 9.15 Å². The van der Waals surface area contributed by atoms with Crippen LogP contribution < -0.4 is 5.43 Å². The van der Waals surface area contributed by atoms with Crippen molar-refractivity contribution >= 4 is 23.3 Å². The summed E-state index contributed by atoms with van der Waals surface area (Å²) in [4.78, 5) is 11.4. The number of hydrogen-bond acceptors (Lipinski definition) is 5. The molecule has 2 heterocycles. The summed E-state index contributed by atoms with van der Waals surface area (Å²) >= 11 is 0. The fraction of sp³-hybridized carbons (Fsp3) is 0.0952. The van der Waals surface area contributed by atoms with Crippen LogP contribution in [0.3, 0.4) is 0 Å². The summed E-state index contributed by atoms with van der Waals surface area (Å²) in [5.74, 6) is 0.619. The van der Waals surface area contributed by atoms with E-state index >= 15 is 0 Å². The molecule has 0 atom stereocenters. The minimum absolute atomic E-state index is 0.275. The molecule has 4 aromatic rings. The number of carbonyl (C=O) groups excluding carboxylic acids is 1. The van der Waals surface area contributed by atoms with Crippen LogP contribution in [0.2, 0.25) is 0 Å². The normalized spacial score (nSPS) is 11.2. The van der Waals surface area contributed by atoms with Crippen molar-refractivity contribution in [2.45, 2.75) is 6.92 Å². The van der Waals surface area contributed by atoms with E-state index in [1.807, 2.05) is 66.9 Å². The third-order valence-corrected chi connectivity index (χ3v) is 4.06. The molecular formula is C21H18N4O3. The van der Waals surface area contributed by atoms with Gasteiger partial charge in [-0.25, -0.2) is 14.9 Å². The van der Waals surface area contributed by atoms with Gasteiger partial charge in [0.15, 0.2) is 5.76 Å². The molecular weight excluding hydrogens is 356 g/mol. The Morgan fingerprint density at radius 2 is 2.00 bits per heavy atom. The first kappa shape index (κ1) is 17.5. The molecule has 28 heavy (non-hydrogen) atoms. The number of ether oxygens (including phenoxy) is 1. The first-order valence-corrected chi connectivity index (χ1v) is 8.84. The van der Waals surface area contributed by atoms with E-state index in [2.05, 4.69) is 15.6 Å². The van der Waals surface area contributed by atoms with Gasteiger partial charge in [0.1, 0.15) is 11.3 Å². The molecule has 0 saturated carbocycles. The Hall–Kier alpha value is -3.87. The topological polar surface area (TPSA) is 81.6 Å². The lowest BCUT2D eigenvalue weighted by Gasteiger charge is -1.98. The number of aromatic nitrogens is 2. The predicted octanol–water partition coefficient (Wildman–Crippen LogP) is 4.37. The Kier molecular flexibility index (Phi) is 4.88. The molecule has 2 aromatic carbocycles. The molecule has 0 fully saturated rings. The minimum Gasteiger partial charge on any atom is -0.454 e. The van der Waals surface area contributed by atoms with Crippen LogP contribution >= 0.6 is 0 Å². The number of nitrogens with one attached hydrogen (secondary N) is 1. The highest BCUT2D eigenvalue weighted by Gasteiger charge is 2.15. The summed E-state index contributed by atoms with van der Waals surface area (Å²) < 4.78 is 12.5. The van der Waals surface area contributed by atoms with E-state index in [0.717, 1.165) is 16.7 Å². The summed E-state index contributed by atoms with van der Waals surface area (Å²) in [6.07, 6.45) is 2.74. The third kappa shape index (κ3) is 3.64. The summed E-state index contributed by atoms with van der Waals surface area (Å²) in [6, 6.07) is 19.4. The van der Waals surface area contributed by atoms with Gasteiger partial charge in [0.25, 0.3) is 0 Å². The standard InChI is InChI=1S/C21H18N4O3/c1-2-27-21(26)23-22-13-16-14-25(17-9-4-3-5-10-17)24-20(16)19-12-15-8-6-7-11-18(15)28-19/h3-14H,2H2,1H3,(H,23,26). The second kappa shape index (κ2) is 7.79. The van der Waals surface area contributed by atoms with Gasteiger partial charge >= 0.3 is 6.09 Å². The molecule has 0 bridgehead atoms. The molecule has 0 aliphatic rings. The third-order valence-electron chi connectivity index (χ3n) is 4.06. The van der Waals surface area contributed by atoms with Gasteiger partial charge in [0.2, 0.25) is 0 Å². The van der Waals surface area contributed by atoms with Crippen LogP contribution in [0.1, 0.15) is 12.5 Å². The molecule has 0 spiro atoms. The maximum absolute atomic E-state index is 11.4. The van der Waals surface area contributed by atoms with Crippen molar-refractivity contribution < 1.29 is 13.9 Å². The van der Waals surface area contributed by atoms with Gasteiger partial charge in [-0.05, 0) is 31.2 Å². The second-order valence-corrected chi connectivity index (χ2v) is 5.95. The fourth-order valence-corrected chi connectivity index (χ4v) is 2.80. The van der Waals surface area contributed by atoms with Crippen LogP contribution in [-0.2, 0) is 4.74 Å². The fourth-order valence-electron chi connectivity index (χ4n) is 2.80. The predicted molar refractivity (Wildman–Crippen MR) is 107 cm³/mol. The number of benzene rings is 2. The maximum atomic E-state index is 11.4. The minimum atomic E-state index is -0.612. The molecule has 2 aromatic heterocycles. The van der Waals surface area contributed by atoms with E-state index in [-0.39, 0.29) is 6.61 Å². The molecule has 0 aliphatic heterocycles. The Morgan fingerprint density at radius 1 is 1.21 bits per heavy atom. The van der Waals surface area contributed by atoms with Gasteiger partial charge in [-0.15, -0.1) is 0 Å². The van der Waals surface area contributed by atoms with Crippen LogP contribution in [0.4, 0.5) is 4.79 Å². The van der Waals surface area contributed by atoms with E-state index in [1.165, 1.54) is 6.21 Å². The summed E-state index contributed by atoms with van der Waals surface area (Å²) in [5.41, 5.74) is 5.32. The zero-order valence-electron chi connectivity index (χ0n) is 15.2. The highest BCUT2D eigenvalue weighted by Crippen LogP contribution is 2.29. The number of nitrogens with zero attached hydrogens (tertiary/aromatic N) is 3. The number of carbonyl (C=O) groups is 1. The molecule has 0 unspecified atom stereocenters. The Balaban J connectivity index is 1.73. The maximum Gasteiger partial charge on any atom is 0.427 e. The van der Waals surface area contributed by atoms with Crippen LogP contribution in [0.5, 0.6) is 0 Å². The van der Waals surface area contributed by atoms with Crippen LogP contribution in [0.15, 0.2) is 76.4 Å². The van der Waals surface area contributed by atoms with Gasteiger partial charge in [0.05, 0.1) is 18.5 Å². The lowest BCUT2D eigenvalue weighted by molar-refractivity contribution is 0.152. The van der Waals surface area contributed by atoms with E-state index in [4.69, 9.17) is 9.15 Å². The average Bonchev–Trinajstić information content (AvgIpc) is 3.33. The van der Waals surface area contributed by atoms with E-state index < -0.39 is 6.09 Å². The van der Waals surface area contributed by atoms with Crippen molar-refractivity contribution in [1.29, 1.82) is 0 Å². The lowest BCUT2D eigenvalue weighted by Crippen LogP contribution is -2.18. The number of para-hydroxylation sites is 2. The summed E-state index contributed by atoms with van der Waals surface area (Å²) in [5, 5.41) is 9.62. The zero-order valence-corrected chi connectivity index (χ0v) is 15.2. The number of rotatable bonds is 5. The zero-order chi connectivity index (χ0) is 19.3. The highest BCUT2D eigenvalue weighted by atomic mass is 16.5. The number of fused-ring (bicyclic) bond motifs is 1. The number of amides is 1. The molecule has 140 valence electrons. The average molecular weight is 374 g/mol. The highest BCUT2D eigenvalue weighted by molar-refractivity contribution is 5.91. The first-order chi connectivity index (χ1) is 13.7. The smallest absolute Gasteiger partial charge is 0.427 e. The largest absolute Gasteiger partial charge is 0.454 e. The van der Waals surface area contributed by atoms with Crippen LogP contribution in [0, 0.1) is 0 Å². The molecule has 1 N–H and O–H groups in total. The number of furan rings is 1. The van der Waals surface area contributed by atoms with Crippen molar-refractivity contribution in [3.8, 4) is 17.1 Å². The molecule has 7 nitrogen and oxygen atoms in total. The van der Waals surface area contributed by atoms with Crippen molar-refractivity contribution in [2.24, 2.45) is 5.10 Å². The Labute approximate surface area is 161 Å². The molecule has 0 radical (unpaired) electrons. The van der Waals surface area contributed by atoms with E-state index in [1.54, 1.807) is 11.6 Å². The van der Waals surface area contributed by atoms with Crippen LogP contribution in [-0.4, -0.2) is 28.7 Å². The quantitative estimate of drug-likeness (QED) is 0.415. The lowest BCUT2D eigenvalue weighted by atomic mass is 10.2. The van der Waals surface area contributed by atoms with Crippen molar-refractivity contribution in [1.82, 2.24) is 15.2 Å². The molecule has 0 saturated heterocycles. The first-order valence-electron chi connectivity index (χ1n) is 8.84. The Morgan fingerprint density at radius 3 is 2.79 bits per heavy atom. The van der Waals surface area contributed by atoms with Crippen LogP contribution in [0.25, 0.3) is 28.1 Å². The van der Waals surface area contributed by atoms with Crippen molar-refractivity contribution in [2.75, 3.05) is 6.61 Å². The van der Waals surface area contributed by atoms with Gasteiger partial charge in [-0.3, -0.25) is 0 Å². The molecule has 0 aliphatic carbocycles.